The van der Waals surface area contributed by atoms with Crippen molar-refractivity contribution in [3.8, 4) is 0 Å². The maximum absolute atomic E-state index is 5.96. The monoisotopic (exact) mass is 360 g/mol. The number of hydrogen-bond acceptors (Lipinski definition) is 6. The Labute approximate surface area is 156 Å². The summed E-state index contributed by atoms with van der Waals surface area (Å²) in [5.74, 6) is 1.63. The molecule has 3 aromatic heterocycles. The molecule has 7 nitrogen and oxygen atoms in total. The topological polar surface area (TPSA) is 72.0 Å². The van der Waals surface area contributed by atoms with Crippen LogP contribution in [0.5, 0.6) is 0 Å². The molecule has 0 fully saturated rings. The van der Waals surface area contributed by atoms with Crippen molar-refractivity contribution in [1.29, 1.82) is 0 Å². The molecule has 0 saturated heterocycles. The Balaban J connectivity index is 1.25. The Kier molecular flexibility index (Phi) is 4.06. The van der Waals surface area contributed by atoms with E-state index in [1.807, 2.05) is 18.2 Å². The summed E-state index contributed by atoms with van der Waals surface area (Å²) < 4.78 is 8.06. The first-order valence-electron chi connectivity index (χ1n) is 9.10. The molecule has 1 aliphatic rings. The third kappa shape index (κ3) is 3.41. The number of fused-ring (bicyclic) bond motifs is 2. The smallest absolute Gasteiger partial charge is 0.222 e. The van der Waals surface area contributed by atoms with E-state index in [9.17, 15) is 0 Å². The molecule has 0 amide bonds. The number of nitrogens with one attached hydrogen (secondary N) is 1. The molecule has 1 N–H and O–H groups in total. The van der Waals surface area contributed by atoms with E-state index in [0.29, 0.717) is 12.5 Å². The first-order valence-corrected chi connectivity index (χ1v) is 9.10. The molecule has 0 radical (unpaired) electrons. The number of benzene rings is 1. The van der Waals surface area contributed by atoms with Crippen molar-refractivity contribution in [2.45, 2.75) is 26.2 Å². The van der Waals surface area contributed by atoms with Crippen LogP contribution in [-0.2, 0) is 26.2 Å². The predicted molar refractivity (Wildman–Crippen MR) is 102 cm³/mol. The number of anilines is 1. The van der Waals surface area contributed by atoms with Crippen LogP contribution in [0.4, 0.5) is 5.95 Å². The van der Waals surface area contributed by atoms with Gasteiger partial charge in [-0.1, -0.05) is 18.2 Å². The van der Waals surface area contributed by atoms with E-state index < -0.39 is 0 Å². The molecule has 0 bridgehead atoms. The Morgan fingerprint density at radius 3 is 2.81 bits per heavy atom. The van der Waals surface area contributed by atoms with Gasteiger partial charge in [-0.2, -0.15) is 5.10 Å². The summed E-state index contributed by atoms with van der Waals surface area (Å²) >= 11 is 0. The fourth-order valence-electron chi connectivity index (χ4n) is 3.50. The van der Waals surface area contributed by atoms with Gasteiger partial charge in [-0.3, -0.25) is 9.58 Å². The summed E-state index contributed by atoms with van der Waals surface area (Å²) in [6.07, 6.45) is 3.45. The van der Waals surface area contributed by atoms with Gasteiger partial charge in [0.05, 0.1) is 31.0 Å². The van der Waals surface area contributed by atoms with Crippen LogP contribution in [0.2, 0.25) is 0 Å². The van der Waals surface area contributed by atoms with E-state index in [2.05, 4.69) is 43.1 Å². The lowest BCUT2D eigenvalue weighted by atomic mass is 10.2. The average molecular weight is 360 g/mol. The highest BCUT2D eigenvalue weighted by atomic mass is 16.3. The van der Waals surface area contributed by atoms with Crippen molar-refractivity contribution in [1.82, 2.24) is 24.6 Å². The van der Waals surface area contributed by atoms with Gasteiger partial charge >= 0.3 is 0 Å². The minimum atomic E-state index is 0.619. The van der Waals surface area contributed by atoms with Crippen LogP contribution in [0.25, 0.3) is 11.0 Å². The number of aromatic nitrogens is 4. The molecule has 1 aromatic carbocycles. The Morgan fingerprint density at radius 1 is 1.04 bits per heavy atom. The number of hydrogen-bond donors (Lipinski definition) is 1. The molecule has 1 aliphatic heterocycles. The fourth-order valence-corrected chi connectivity index (χ4v) is 3.50. The molecule has 0 saturated carbocycles. The quantitative estimate of drug-likeness (QED) is 0.590. The Morgan fingerprint density at radius 2 is 1.93 bits per heavy atom. The van der Waals surface area contributed by atoms with Gasteiger partial charge in [0.25, 0.3) is 0 Å². The van der Waals surface area contributed by atoms with Crippen molar-refractivity contribution in [3.63, 3.8) is 0 Å². The zero-order valence-electron chi connectivity index (χ0n) is 14.9. The molecule has 0 unspecified atom stereocenters. The summed E-state index contributed by atoms with van der Waals surface area (Å²) in [7, 11) is 0. The molecule has 4 heterocycles. The summed E-state index contributed by atoms with van der Waals surface area (Å²) in [6.45, 7) is 4.14. The summed E-state index contributed by atoms with van der Waals surface area (Å²) in [6, 6.07) is 14.2. The van der Waals surface area contributed by atoms with E-state index >= 15 is 0 Å². The maximum Gasteiger partial charge on any atom is 0.222 e. The van der Waals surface area contributed by atoms with Gasteiger partial charge in [0.1, 0.15) is 11.3 Å². The highest BCUT2D eigenvalue weighted by molar-refractivity contribution is 5.77. The van der Waals surface area contributed by atoms with Gasteiger partial charge in [0.2, 0.25) is 5.95 Å². The van der Waals surface area contributed by atoms with Crippen LogP contribution in [0.1, 0.15) is 17.1 Å². The van der Waals surface area contributed by atoms with E-state index in [1.54, 1.807) is 18.5 Å². The SMILES string of the molecule is c1cnc(NCc2cc3n(n2)CCN(Cc2cc4ccccc4o2)C3)nc1. The fraction of sp³-hybridized carbons (Fsp3) is 0.250. The third-order valence-corrected chi connectivity index (χ3v) is 4.78. The second kappa shape index (κ2) is 6.85. The number of furan rings is 1. The lowest BCUT2D eigenvalue weighted by Gasteiger charge is -2.26. The number of rotatable bonds is 5. The molecular formula is C20H20N6O. The first-order chi connectivity index (χ1) is 13.3. The highest BCUT2D eigenvalue weighted by Crippen LogP contribution is 2.22. The molecule has 136 valence electrons. The van der Waals surface area contributed by atoms with Crippen LogP contribution in [0, 0.1) is 0 Å². The van der Waals surface area contributed by atoms with Gasteiger partial charge in [-0.25, -0.2) is 9.97 Å². The molecule has 0 spiro atoms. The molecule has 0 atom stereocenters. The summed E-state index contributed by atoms with van der Waals surface area (Å²) in [5, 5.41) is 9.06. The average Bonchev–Trinajstić information content (AvgIpc) is 3.29. The van der Waals surface area contributed by atoms with Crippen molar-refractivity contribution in [2.75, 3.05) is 11.9 Å². The molecular weight excluding hydrogens is 340 g/mol. The van der Waals surface area contributed by atoms with Gasteiger partial charge in [-0.15, -0.1) is 0 Å². The zero-order chi connectivity index (χ0) is 18.1. The van der Waals surface area contributed by atoms with Crippen molar-refractivity contribution < 1.29 is 4.42 Å². The Hall–Kier alpha value is -3.19. The highest BCUT2D eigenvalue weighted by Gasteiger charge is 2.19. The van der Waals surface area contributed by atoms with Gasteiger partial charge in [-0.05, 0) is 24.3 Å². The normalized spacial score (nSPS) is 14.4. The van der Waals surface area contributed by atoms with E-state index in [0.717, 1.165) is 48.6 Å². The number of para-hydroxylation sites is 1. The molecule has 27 heavy (non-hydrogen) atoms. The van der Waals surface area contributed by atoms with Gasteiger partial charge < -0.3 is 9.73 Å². The lowest BCUT2D eigenvalue weighted by Crippen LogP contribution is -2.33. The Bertz CT molecular complexity index is 1020. The van der Waals surface area contributed by atoms with Crippen LogP contribution < -0.4 is 5.32 Å². The molecule has 4 aromatic rings. The lowest BCUT2D eigenvalue weighted by molar-refractivity contribution is 0.192. The summed E-state index contributed by atoms with van der Waals surface area (Å²) in [4.78, 5) is 10.7. The van der Waals surface area contributed by atoms with Crippen LogP contribution in [-0.4, -0.2) is 31.2 Å². The molecule has 0 aliphatic carbocycles. The van der Waals surface area contributed by atoms with Crippen LogP contribution in [0.3, 0.4) is 0 Å². The van der Waals surface area contributed by atoms with E-state index in [1.165, 1.54) is 5.69 Å². The minimum absolute atomic E-state index is 0.619. The standard InChI is InChI=1S/C20H20N6O/c1-2-5-19-15(4-1)10-18(27-19)14-25-8-9-26-17(13-25)11-16(24-26)12-23-20-21-6-3-7-22-20/h1-7,10-11H,8-9,12-14H2,(H,21,22,23). The first kappa shape index (κ1) is 16.0. The van der Waals surface area contributed by atoms with Crippen molar-refractivity contribution >= 4 is 16.9 Å². The molecule has 7 heteroatoms. The van der Waals surface area contributed by atoms with Gasteiger partial charge in [0, 0.05) is 30.9 Å². The van der Waals surface area contributed by atoms with Crippen LogP contribution in [0.15, 0.2) is 59.3 Å². The second-order valence-corrected chi connectivity index (χ2v) is 6.74. The zero-order valence-corrected chi connectivity index (χ0v) is 14.9. The number of nitrogens with zero attached hydrogens (tertiary/aromatic N) is 5. The third-order valence-electron chi connectivity index (χ3n) is 4.78. The maximum atomic E-state index is 5.96. The summed E-state index contributed by atoms with van der Waals surface area (Å²) in [5.41, 5.74) is 3.18. The van der Waals surface area contributed by atoms with E-state index in [4.69, 9.17) is 9.52 Å². The van der Waals surface area contributed by atoms with Gasteiger partial charge in [0.15, 0.2) is 0 Å². The largest absolute Gasteiger partial charge is 0.460 e. The van der Waals surface area contributed by atoms with Crippen LogP contribution >= 0.6 is 0 Å². The second-order valence-electron chi connectivity index (χ2n) is 6.74. The molecule has 5 rings (SSSR count). The predicted octanol–water partition coefficient (Wildman–Crippen LogP) is 3.05. The van der Waals surface area contributed by atoms with Crippen molar-refractivity contribution in [3.05, 3.63) is 72.0 Å². The van der Waals surface area contributed by atoms with Crippen molar-refractivity contribution in [2.24, 2.45) is 0 Å². The van der Waals surface area contributed by atoms with E-state index in [-0.39, 0.29) is 0 Å². The minimum Gasteiger partial charge on any atom is -0.460 e.